The lowest BCUT2D eigenvalue weighted by Crippen LogP contribution is -2.25. The normalized spacial score (nSPS) is 21.1. The van der Waals surface area contributed by atoms with Crippen LogP contribution in [0.4, 0.5) is 11.4 Å². The van der Waals surface area contributed by atoms with Crippen LogP contribution in [-0.4, -0.2) is 17.7 Å². The van der Waals surface area contributed by atoms with Crippen LogP contribution in [0.1, 0.15) is 12.0 Å². The van der Waals surface area contributed by atoms with Crippen molar-refractivity contribution in [3.8, 4) is 0 Å². The molecule has 80 valence electrons. The van der Waals surface area contributed by atoms with E-state index >= 15 is 0 Å². The fourth-order valence-corrected chi connectivity index (χ4v) is 2.16. The van der Waals surface area contributed by atoms with Gasteiger partial charge < -0.3 is 10.6 Å². The van der Waals surface area contributed by atoms with Gasteiger partial charge in [-0.25, -0.2) is 0 Å². The van der Waals surface area contributed by atoms with Crippen molar-refractivity contribution >= 4 is 29.9 Å². The lowest BCUT2D eigenvalue weighted by molar-refractivity contribution is -0.117. The quantitative estimate of drug-likeness (QED) is 0.560. The molecule has 0 bridgehead atoms. The fourth-order valence-electron chi connectivity index (χ4n) is 1.84. The van der Waals surface area contributed by atoms with Crippen molar-refractivity contribution in [1.82, 2.24) is 0 Å². The Kier molecular flexibility index (Phi) is 2.61. The zero-order valence-electron chi connectivity index (χ0n) is 8.60. The van der Waals surface area contributed by atoms with Gasteiger partial charge in [-0.2, -0.15) is 12.6 Å². The molecule has 15 heavy (non-hydrogen) atoms. The van der Waals surface area contributed by atoms with Crippen LogP contribution in [0, 0.1) is 6.92 Å². The summed E-state index contributed by atoms with van der Waals surface area (Å²) in [6.07, 6.45) is 0.511. The molecule has 0 spiro atoms. The van der Waals surface area contributed by atoms with Crippen LogP contribution in [0.25, 0.3) is 0 Å². The Balaban J connectivity index is 2.37. The van der Waals surface area contributed by atoms with E-state index in [2.05, 4.69) is 12.6 Å². The molecule has 1 aliphatic heterocycles. The zero-order chi connectivity index (χ0) is 11.0. The summed E-state index contributed by atoms with van der Waals surface area (Å²) in [6, 6.07) is 5.63. The number of carbonyl (C=O) groups excluding carboxylic acids is 1. The minimum absolute atomic E-state index is 0.128. The topological polar surface area (TPSA) is 46.3 Å². The standard InChI is InChI=1S/C11H14N2OS/c1-7-2-3-8(12)4-10(7)13-6-9(15)5-11(13)14/h2-4,9,15H,5-6,12H2,1H3. The SMILES string of the molecule is Cc1ccc(N)cc1N1CC(S)CC1=O. The molecule has 1 aromatic rings. The highest BCUT2D eigenvalue weighted by molar-refractivity contribution is 7.81. The lowest BCUT2D eigenvalue weighted by Gasteiger charge is -2.18. The first-order valence-electron chi connectivity index (χ1n) is 4.92. The number of nitrogen functional groups attached to an aromatic ring is 1. The molecule has 1 unspecified atom stereocenters. The van der Waals surface area contributed by atoms with Gasteiger partial charge in [0.25, 0.3) is 0 Å². The highest BCUT2D eigenvalue weighted by atomic mass is 32.1. The Morgan fingerprint density at radius 3 is 2.87 bits per heavy atom. The molecule has 1 fully saturated rings. The van der Waals surface area contributed by atoms with E-state index in [-0.39, 0.29) is 11.2 Å². The van der Waals surface area contributed by atoms with Gasteiger partial charge in [0.2, 0.25) is 5.91 Å². The van der Waals surface area contributed by atoms with Crippen molar-refractivity contribution in [2.24, 2.45) is 0 Å². The Bertz CT molecular complexity index is 406. The Hall–Kier alpha value is -1.16. The predicted molar refractivity (Wildman–Crippen MR) is 65.3 cm³/mol. The van der Waals surface area contributed by atoms with Gasteiger partial charge in [0.15, 0.2) is 0 Å². The summed E-state index contributed by atoms with van der Waals surface area (Å²) in [4.78, 5) is 13.5. The number of carbonyl (C=O) groups is 1. The predicted octanol–water partition coefficient (Wildman–Crippen LogP) is 1.61. The minimum atomic E-state index is 0.128. The number of nitrogens with two attached hydrogens (primary N) is 1. The summed E-state index contributed by atoms with van der Waals surface area (Å²) < 4.78 is 0. The third-order valence-electron chi connectivity index (χ3n) is 2.63. The Labute approximate surface area is 94.7 Å². The Morgan fingerprint density at radius 1 is 1.53 bits per heavy atom. The van der Waals surface area contributed by atoms with Gasteiger partial charge in [0.1, 0.15) is 0 Å². The molecule has 0 radical (unpaired) electrons. The molecule has 0 aliphatic carbocycles. The molecule has 4 heteroatoms. The zero-order valence-corrected chi connectivity index (χ0v) is 9.50. The first-order chi connectivity index (χ1) is 7.08. The van der Waals surface area contributed by atoms with Crippen LogP contribution < -0.4 is 10.6 Å². The summed E-state index contributed by atoms with van der Waals surface area (Å²) in [7, 11) is 0. The van der Waals surface area contributed by atoms with Gasteiger partial charge in [-0.3, -0.25) is 4.79 Å². The number of benzene rings is 1. The third kappa shape index (κ3) is 1.95. The average molecular weight is 222 g/mol. The molecule has 1 aliphatic rings. The van der Waals surface area contributed by atoms with Crippen LogP contribution in [-0.2, 0) is 4.79 Å². The van der Waals surface area contributed by atoms with Gasteiger partial charge in [0, 0.05) is 29.6 Å². The molecular formula is C11H14N2OS. The molecule has 0 aromatic heterocycles. The van der Waals surface area contributed by atoms with E-state index < -0.39 is 0 Å². The number of anilines is 2. The molecule has 1 aromatic carbocycles. The van der Waals surface area contributed by atoms with Gasteiger partial charge in [0.05, 0.1) is 0 Å². The first kappa shape index (κ1) is 10.4. The van der Waals surface area contributed by atoms with E-state index in [4.69, 9.17) is 5.73 Å². The van der Waals surface area contributed by atoms with E-state index in [0.717, 1.165) is 11.3 Å². The molecule has 1 atom stereocenters. The number of hydrogen-bond acceptors (Lipinski definition) is 3. The number of hydrogen-bond donors (Lipinski definition) is 2. The van der Waals surface area contributed by atoms with Gasteiger partial charge >= 0.3 is 0 Å². The van der Waals surface area contributed by atoms with E-state index in [9.17, 15) is 4.79 Å². The highest BCUT2D eigenvalue weighted by Gasteiger charge is 2.29. The number of aryl methyl sites for hydroxylation is 1. The van der Waals surface area contributed by atoms with Crippen LogP contribution in [0.2, 0.25) is 0 Å². The summed E-state index contributed by atoms with van der Waals surface area (Å²) in [5.74, 6) is 0.128. The van der Waals surface area contributed by atoms with Crippen LogP contribution in [0.15, 0.2) is 18.2 Å². The third-order valence-corrected chi connectivity index (χ3v) is 2.97. The highest BCUT2D eigenvalue weighted by Crippen LogP contribution is 2.28. The maximum Gasteiger partial charge on any atom is 0.228 e. The van der Waals surface area contributed by atoms with Gasteiger partial charge in [-0.1, -0.05) is 6.07 Å². The number of rotatable bonds is 1. The van der Waals surface area contributed by atoms with Crippen LogP contribution >= 0.6 is 12.6 Å². The second kappa shape index (κ2) is 3.77. The second-order valence-electron chi connectivity index (χ2n) is 3.91. The summed E-state index contributed by atoms with van der Waals surface area (Å²) >= 11 is 4.33. The summed E-state index contributed by atoms with van der Waals surface area (Å²) in [6.45, 7) is 2.65. The van der Waals surface area contributed by atoms with E-state index in [1.807, 2.05) is 25.1 Å². The second-order valence-corrected chi connectivity index (χ2v) is 4.64. The average Bonchev–Trinajstić information content (AvgIpc) is 2.50. The van der Waals surface area contributed by atoms with E-state index in [0.29, 0.717) is 18.7 Å². The molecule has 0 saturated carbocycles. The van der Waals surface area contributed by atoms with Crippen molar-refractivity contribution < 1.29 is 4.79 Å². The molecular weight excluding hydrogens is 208 g/mol. The molecule has 2 rings (SSSR count). The van der Waals surface area contributed by atoms with Crippen molar-refractivity contribution in [2.75, 3.05) is 17.2 Å². The minimum Gasteiger partial charge on any atom is -0.399 e. The smallest absolute Gasteiger partial charge is 0.228 e. The van der Waals surface area contributed by atoms with Crippen LogP contribution in [0.3, 0.4) is 0 Å². The summed E-state index contributed by atoms with van der Waals surface area (Å²) in [5, 5.41) is 0.137. The number of nitrogens with zero attached hydrogens (tertiary/aromatic N) is 1. The van der Waals surface area contributed by atoms with Crippen molar-refractivity contribution in [3.63, 3.8) is 0 Å². The first-order valence-corrected chi connectivity index (χ1v) is 5.44. The molecule has 1 amide bonds. The van der Waals surface area contributed by atoms with Crippen molar-refractivity contribution in [1.29, 1.82) is 0 Å². The molecule has 1 heterocycles. The molecule has 1 saturated heterocycles. The van der Waals surface area contributed by atoms with Crippen molar-refractivity contribution in [2.45, 2.75) is 18.6 Å². The summed E-state index contributed by atoms with van der Waals surface area (Å²) in [5.41, 5.74) is 8.39. The lowest BCUT2D eigenvalue weighted by atomic mass is 10.1. The van der Waals surface area contributed by atoms with Crippen molar-refractivity contribution in [3.05, 3.63) is 23.8 Å². The maximum absolute atomic E-state index is 11.7. The van der Waals surface area contributed by atoms with Crippen LogP contribution in [0.5, 0.6) is 0 Å². The molecule has 2 N–H and O–H groups in total. The maximum atomic E-state index is 11.7. The number of thiol groups is 1. The van der Waals surface area contributed by atoms with E-state index in [1.165, 1.54) is 0 Å². The Morgan fingerprint density at radius 2 is 2.27 bits per heavy atom. The molecule has 3 nitrogen and oxygen atoms in total. The van der Waals surface area contributed by atoms with Gasteiger partial charge in [-0.05, 0) is 24.6 Å². The fraction of sp³-hybridized carbons (Fsp3) is 0.364. The van der Waals surface area contributed by atoms with Gasteiger partial charge in [-0.15, -0.1) is 0 Å². The number of amides is 1. The largest absolute Gasteiger partial charge is 0.399 e. The van der Waals surface area contributed by atoms with E-state index in [1.54, 1.807) is 4.90 Å². The monoisotopic (exact) mass is 222 g/mol.